The van der Waals surface area contributed by atoms with Gasteiger partial charge in [-0.2, -0.15) is 0 Å². The van der Waals surface area contributed by atoms with Crippen molar-refractivity contribution < 1.29 is 0 Å². The molecule has 2 nitrogen and oxygen atoms in total. The highest BCUT2D eigenvalue weighted by atomic mass is 15.0. The monoisotopic (exact) mass is 214 g/mol. The fraction of sp³-hybridized carbons (Fsp3) is 0.429. The second-order valence-electron chi connectivity index (χ2n) is 5.07. The molecule has 0 bridgehead atoms. The Bertz CT molecular complexity index is 473. The molecule has 3 rings (SSSR count). The molecule has 1 aromatic carbocycles. The van der Waals surface area contributed by atoms with Crippen LogP contribution in [-0.4, -0.2) is 0 Å². The molecular weight excluding hydrogens is 196 g/mol. The lowest BCUT2D eigenvalue weighted by molar-refractivity contribution is 0.667. The van der Waals surface area contributed by atoms with E-state index in [-0.39, 0.29) is 0 Å². The van der Waals surface area contributed by atoms with Crippen LogP contribution in [0.25, 0.3) is 0 Å². The topological polar surface area (TPSA) is 38.0 Å². The SMILES string of the molecule is C=C(N)Nc1c2c(cc3c1CC3C)CCC2. The molecule has 1 unspecified atom stereocenters. The van der Waals surface area contributed by atoms with Gasteiger partial charge in [0.25, 0.3) is 0 Å². The van der Waals surface area contributed by atoms with Crippen molar-refractivity contribution in [3.8, 4) is 0 Å². The van der Waals surface area contributed by atoms with Gasteiger partial charge in [-0.25, -0.2) is 0 Å². The maximum atomic E-state index is 5.69. The summed E-state index contributed by atoms with van der Waals surface area (Å²) in [5, 5.41) is 3.27. The van der Waals surface area contributed by atoms with E-state index in [2.05, 4.69) is 24.9 Å². The Hall–Kier alpha value is -1.44. The van der Waals surface area contributed by atoms with Gasteiger partial charge in [0.15, 0.2) is 0 Å². The van der Waals surface area contributed by atoms with Crippen LogP contribution >= 0.6 is 0 Å². The zero-order chi connectivity index (χ0) is 11.3. The molecule has 16 heavy (non-hydrogen) atoms. The molecule has 0 radical (unpaired) electrons. The van der Waals surface area contributed by atoms with Crippen molar-refractivity contribution in [1.29, 1.82) is 0 Å². The van der Waals surface area contributed by atoms with E-state index in [1.807, 2.05) is 0 Å². The number of fused-ring (bicyclic) bond motifs is 2. The summed E-state index contributed by atoms with van der Waals surface area (Å²) in [5.41, 5.74) is 13.0. The second kappa shape index (κ2) is 3.27. The van der Waals surface area contributed by atoms with Gasteiger partial charge < -0.3 is 11.1 Å². The highest BCUT2D eigenvalue weighted by Crippen LogP contribution is 2.45. The Labute approximate surface area is 96.5 Å². The van der Waals surface area contributed by atoms with Crippen LogP contribution in [0.4, 0.5) is 5.69 Å². The third-order valence-electron chi connectivity index (χ3n) is 3.87. The first-order valence-electron chi connectivity index (χ1n) is 6.05. The molecule has 1 aromatic rings. The molecule has 84 valence electrons. The average molecular weight is 214 g/mol. The highest BCUT2D eigenvalue weighted by Gasteiger charge is 2.30. The largest absolute Gasteiger partial charge is 0.386 e. The number of anilines is 1. The van der Waals surface area contributed by atoms with Gasteiger partial charge in [0.05, 0.1) is 5.82 Å². The van der Waals surface area contributed by atoms with Gasteiger partial charge in [0.1, 0.15) is 0 Å². The number of nitrogens with two attached hydrogens (primary N) is 1. The quantitative estimate of drug-likeness (QED) is 0.794. The van der Waals surface area contributed by atoms with E-state index in [1.165, 1.54) is 53.6 Å². The van der Waals surface area contributed by atoms with E-state index in [0.29, 0.717) is 11.7 Å². The number of hydrogen-bond donors (Lipinski definition) is 2. The molecule has 0 saturated heterocycles. The lowest BCUT2D eigenvalue weighted by Crippen LogP contribution is -2.20. The summed E-state index contributed by atoms with van der Waals surface area (Å²) in [7, 11) is 0. The number of rotatable bonds is 2. The van der Waals surface area contributed by atoms with Crippen LogP contribution in [0.15, 0.2) is 18.5 Å². The summed E-state index contributed by atoms with van der Waals surface area (Å²) in [6.45, 7) is 6.05. The first-order valence-corrected chi connectivity index (χ1v) is 6.05. The van der Waals surface area contributed by atoms with E-state index in [4.69, 9.17) is 5.73 Å². The van der Waals surface area contributed by atoms with Gasteiger partial charge in [-0.3, -0.25) is 0 Å². The van der Waals surface area contributed by atoms with Crippen molar-refractivity contribution in [2.45, 2.75) is 38.5 Å². The number of nitrogens with one attached hydrogen (secondary N) is 1. The standard InChI is InChI=1S/C14H18N2/c1-8-6-13-12(8)7-10-4-3-5-11(10)14(13)16-9(2)15/h7-8,16H,2-6,15H2,1H3. The number of benzene rings is 1. The summed E-state index contributed by atoms with van der Waals surface area (Å²) in [5.74, 6) is 1.27. The highest BCUT2D eigenvalue weighted by molar-refractivity contribution is 5.70. The van der Waals surface area contributed by atoms with Crippen LogP contribution in [0.1, 0.15) is 41.5 Å². The fourth-order valence-corrected chi connectivity index (χ4v) is 3.07. The van der Waals surface area contributed by atoms with Crippen molar-refractivity contribution in [3.63, 3.8) is 0 Å². The van der Waals surface area contributed by atoms with Gasteiger partial charge in [-0.1, -0.05) is 19.6 Å². The van der Waals surface area contributed by atoms with Crippen molar-refractivity contribution in [3.05, 3.63) is 40.7 Å². The summed E-state index contributed by atoms with van der Waals surface area (Å²) < 4.78 is 0. The molecular formula is C14H18N2. The van der Waals surface area contributed by atoms with E-state index < -0.39 is 0 Å². The molecule has 0 amide bonds. The smallest absolute Gasteiger partial charge is 0.0930 e. The summed E-state index contributed by atoms with van der Waals surface area (Å²) in [4.78, 5) is 0. The molecule has 0 aliphatic heterocycles. The van der Waals surface area contributed by atoms with Gasteiger partial charge in [0, 0.05) is 5.69 Å². The molecule has 0 spiro atoms. The Kier molecular flexibility index (Phi) is 2.00. The van der Waals surface area contributed by atoms with Crippen LogP contribution in [-0.2, 0) is 19.3 Å². The Morgan fingerprint density at radius 2 is 2.25 bits per heavy atom. The normalized spacial score (nSPS) is 20.9. The van der Waals surface area contributed by atoms with Crippen LogP contribution in [0.5, 0.6) is 0 Å². The van der Waals surface area contributed by atoms with E-state index in [0.717, 1.165) is 0 Å². The zero-order valence-electron chi connectivity index (χ0n) is 9.77. The van der Waals surface area contributed by atoms with Gasteiger partial charge in [-0.15, -0.1) is 0 Å². The molecule has 3 N–H and O–H groups in total. The first-order chi connectivity index (χ1) is 7.66. The Morgan fingerprint density at radius 1 is 1.44 bits per heavy atom. The molecule has 0 aromatic heterocycles. The number of aryl methyl sites for hydroxylation is 1. The van der Waals surface area contributed by atoms with Crippen LogP contribution in [0.3, 0.4) is 0 Å². The Balaban J connectivity index is 2.14. The third kappa shape index (κ3) is 1.26. The maximum Gasteiger partial charge on any atom is 0.0930 e. The maximum absolute atomic E-state index is 5.69. The lowest BCUT2D eigenvalue weighted by Gasteiger charge is -2.32. The predicted molar refractivity (Wildman–Crippen MR) is 67.5 cm³/mol. The second-order valence-corrected chi connectivity index (χ2v) is 5.07. The summed E-state index contributed by atoms with van der Waals surface area (Å²) in [6, 6.07) is 2.41. The Morgan fingerprint density at radius 3 is 2.94 bits per heavy atom. The summed E-state index contributed by atoms with van der Waals surface area (Å²) in [6.07, 6.45) is 4.87. The minimum atomic E-state index is 0.557. The van der Waals surface area contributed by atoms with E-state index in [1.54, 1.807) is 0 Å². The van der Waals surface area contributed by atoms with Crippen LogP contribution in [0, 0.1) is 0 Å². The molecule has 0 fully saturated rings. The number of hydrogen-bond acceptors (Lipinski definition) is 2. The zero-order valence-corrected chi connectivity index (χ0v) is 9.77. The third-order valence-corrected chi connectivity index (χ3v) is 3.87. The van der Waals surface area contributed by atoms with Crippen molar-refractivity contribution in [1.82, 2.24) is 0 Å². The van der Waals surface area contributed by atoms with E-state index in [9.17, 15) is 0 Å². The molecule has 2 aliphatic rings. The van der Waals surface area contributed by atoms with Gasteiger partial charge in [-0.05, 0) is 53.9 Å². The fourth-order valence-electron chi connectivity index (χ4n) is 3.07. The average Bonchev–Trinajstić information content (AvgIpc) is 2.67. The molecule has 1 atom stereocenters. The molecule has 2 aliphatic carbocycles. The van der Waals surface area contributed by atoms with Crippen LogP contribution < -0.4 is 11.1 Å². The van der Waals surface area contributed by atoms with E-state index >= 15 is 0 Å². The minimum absolute atomic E-state index is 0.557. The van der Waals surface area contributed by atoms with Gasteiger partial charge >= 0.3 is 0 Å². The lowest BCUT2D eigenvalue weighted by atomic mass is 9.75. The summed E-state index contributed by atoms with van der Waals surface area (Å²) >= 11 is 0. The molecule has 2 heteroatoms. The van der Waals surface area contributed by atoms with Crippen molar-refractivity contribution in [2.24, 2.45) is 5.73 Å². The van der Waals surface area contributed by atoms with Crippen molar-refractivity contribution >= 4 is 5.69 Å². The molecule has 0 heterocycles. The molecule has 0 saturated carbocycles. The van der Waals surface area contributed by atoms with Crippen molar-refractivity contribution in [2.75, 3.05) is 5.32 Å². The predicted octanol–water partition coefficient (Wildman–Crippen LogP) is 2.68. The minimum Gasteiger partial charge on any atom is -0.386 e. The van der Waals surface area contributed by atoms with Gasteiger partial charge in [0.2, 0.25) is 0 Å². The van der Waals surface area contributed by atoms with Crippen LogP contribution in [0.2, 0.25) is 0 Å². The first kappa shape index (κ1) is 9.76.